The number of guanidine groups is 1. The first kappa shape index (κ1) is 23.0. The SMILES string of the molecule is CCc1cccc(NC(N)=NCCC2CCN(CC(F)(F)F)CC2)c1.I. The number of benzene rings is 1. The fourth-order valence-electron chi connectivity index (χ4n) is 3.11. The summed E-state index contributed by atoms with van der Waals surface area (Å²) in [6.07, 6.45) is -0.710. The number of hydrogen-bond acceptors (Lipinski definition) is 2. The smallest absolute Gasteiger partial charge is 0.370 e. The van der Waals surface area contributed by atoms with Gasteiger partial charge in [0.15, 0.2) is 5.96 Å². The highest BCUT2D eigenvalue weighted by molar-refractivity contribution is 14.0. The van der Waals surface area contributed by atoms with Gasteiger partial charge in [0.25, 0.3) is 0 Å². The number of likely N-dealkylation sites (tertiary alicyclic amines) is 1. The van der Waals surface area contributed by atoms with E-state index < -0.39 is 12.7 Å². The van der Waals surface area contributed by atoms with Gasteiger partial charge in [-0.1, -0.05) is 19.1 Å². The molecule has 1 aliphatic rings. The van der Waals surface area contributed by atoms with E-state index in [0.717, 1.165) is 31.4 Å². The summed E-state index contributed by atoms with van der Waals surface area (Å²) in [7, 11) is 0. The number of hydrogen-bond donors (Lipinski definition) is 2. The lowest BCUT2D eigenvalue weighted by Gasteiger charge is -2.32. The zero-order valence-corrected chi connectivity index (χ0v) is 17.4. The summed E-state index contributed by atoms with van der Waals surface area (Å²) < 4.78 is 37.1. The largest absolute Gasteiger partial charge is 0.401 e. The molecule has 148 valence electrons. The number of anilines is 1. The zero-order valence-electron chi connectivity index (χ0n) is 15.1. The molecule has 1 fully saturated rings. The highest BCUT2D eigenvalue weighted by Gasteiger charge is 2.32. The fraction of sp³-hybridized carbons (Fsp3) is 0.611. The third-order valence-corrected chi connectivity index (χ3v) is 4.54. The minimum atomic E-state index is -4.10. The summed E-state index contributed by atoms with van der Waals surface area (Å²) >= 11 is 0. The molecule has 1 aromatic carbocycles. The third kappa shape index (κ3) is 8.57. The lowest BCUT2D eigenvalue weighted by atomic mass is 9.93. The predicted octanol–water partition coefficient (Wildman–Crippen LogP) is 4.26. The van der Waals surface area contributed by atoms with Gasteiger partial charge in [-0.2, -0.15) is 13.2 Å². The van der Waals surface area contributed by atoms with Crippen LogP contribution in [0, 0.1) is 5.92 Å². The van der Waals surface area contributed by atoms with Crippen LogP contribution >= 0.6 is 24.0 Å². The first-order chi connectivity index (χ1) is 11.9. The number of aliphatic imine (C=N–C) groups is 1. The van der Waals surface area contributed by atoms with Gasteiger partial charge in [-0.05, 0) is 62.4 Å². The van der Waals surface area contributed by atoms with E-state index in [1.807, 2.05) is 18.2 Å². The molecule has 4 nitrogen and oxygen atoms in total. The molecule has 0 amide bonds. The number of alkyl halides is 3. The van der Waals surface area contributed by atoms with E-state index in [1.165, 1.54) is 10.5 Å². The Morgan fingerprint density at radius 1 is 1.31 bits per heavy atom. The van der Waals surface area contributed by atoms with Crippen LogP contribution in [0.3, 0.4) is 0 Å². The topological polar surface area (TPSA) is 53.6 Å². The second kappa shape index (κ2) is 11.0. The quantitative estimate of drug-likeness (QED) is 0.361. The molecule has 2 rings (SSSR count). The highest BCUT2D eigenvalue weighted by Crippen LogP contribution is 2.24. The Hall–Kier alpha value is -1.03. The van der Waals surface area contributed by atoms with E-state index in [2.05, 4.69) is 23.3 Å². The molecule has 1 aliphatic heterocycles. The van der Waals surface area contributed by atoms with Crippen molar-refractivity contribution >= 4 is 35.6 Å². The van der Waals surface area contributed by atoms with Crippen molar-refractivity contribution in [1.82, 2.24) is 4.90 Å². The van der Waals surface area contributed by atoms with E-state index in [0.29, 0.717) is 31.5 Å². The summed E-state index contributed by atoms with van der Waals surface area (Å²) in [6, 6.07) is 8.02. The monoisotopic (exact) mass is 484 g/mol. The van der Waals surface area contributed by atoms with Crippen LogP contribution in [0.2, 0.25) is 0 Å². The second-order valence-electron chi connectivity index (χ2n) is 6.57. The first-order valence-corrected chi connectivity index (χ1v) is 8.80. The molecule has 8 heteroatoms. The standard InChI is InChI=1S/C18H27F3N4.HI/c1-2-14-4-3-5-16(12-14)24-17(22)23-9-6-15-7-10-25(11-8-15)13-18(19,20)21;/h3-5,12,15H,2,6-11,13H2,1H3,(H3,22,23,24);1H. The number of aryl methyl sites for hydroxylation is 1. The van der Waals surface area contributed by atoms with Crippen LogP contribution in [0.4, 0.5) is 18.9 Å². The van der Waals surface area contributed by atoms with E-state index >= 15 is 0 Å². The molecule has 1 heterocycles. The summed E-state index contributed by atoms with van der Waals surface area (Å²) in [5, 5.41) is 3.08. The van der Waals surface area contributed by atoms with Crippen molar-refractivity contribution < 1.29 is 13.2 Å². The lowest BCUT2D eigenvalue weighted by molar-refractivity contribution is -0.148. The molecule has 0 saturated carbocycles. The van der Waals surface area contributed by atoms with Crippen molar-refractivity contribution in [3.8, 4) is 0 Å². The van der Waals surface area contributed by atoms with Crippen LogP contribution in [0.5, 0.6) is 0 Å². The molecular weight excluding hydrogens is 456 g/mol. The summed E-state index contributed by atoms with van der Waals surface area (Å²) in [5.74, 6) is 0.798. The van der Waals surface area contributed by atoms with Gasteiger partial charge >= 0.3 is 6.18 Å². The molecular formula is C18H28F3IN4. The average molecular weight is 484 g/mol. The predicted molar refractivity (Wildman–Crippen MR) is 111 cm³/mol. The molecule has 3 N–H and O–H groups in total. The Kier molecular flexibility index (Phi) is 9.70. The molecule has 26 heavy (non-hydrogen) atoms. The van der Waals surface area contributed by atoms with Gasteiger partial charge in [-0.25, -0.2) is 0 Å². The molecule has 0 aromatic heterocycles. The Morgan fingerprint density at radius 3 is 2.62 bits per heavy atom. The number of nitrogens with two attached hydrogens (primary N) is 1. The van der Waals surface area contributed by atoms with Gasteiger partial charge in [-0.3, -0.25) is 9.89 Å². The van der Waals surface area contributed by atoms with Gasteiger partial charge in [0, 0.05) is 12.2 Å². The van der Waals surface area contributed by atoms with Gasteiger partial charge in [0.1, 0.15) is 0 Å². The first-order valence-electron chi connectivity index (χ1n) is 8.80. The van der Waals surface area contributed by atoms with Gasteiger partial charge in [0.05, 0.1) is 6.54 Å². The van der Waals surface area contributed by atoms with Crippen LogP contribution in [-0.4, -0.2) is 43.2 Å². The minimum absolute atomic E-state index is 0. The van der Waals surface area contributed by atoms with E-state index in [4.69, 9.17) is 5.73 Å². The van der Waals surface area contributed by atoms with Crippen LogP contribution < -0.4 is 11.1 Å². The molecule has 1 saturated heterocycles. The Bertz CT molecular complexity index is 570. The molecule has 0 radical (unpaired) electrons. The molecule has 1 aromatic rings. The summed E-state index contributed by atoms with van der Waals surface area (Å²) in [4.78, 5) is 5.82. The highest BCUT2D eigenvalue weighted by atomic mass is 127. The number of nitrogens with one attached hydrogen (secondary N) is 1. The van der Waals surface area contributed by atoms with Gasteiger partial charge in [-0.15, -0.1) is 24.0 Å². The maximum Gasteiger partial charge on any atom is 0.401 e. The number of halogens is 4. The zero-order chi connectivity index (χ0) is 18.3. The lowest BCUT2D eigenvalue weighted by Crippen LogP contribution is -2.40. The normalized spacial score (nSPS) is 17.0. The van der Waals surface area contributed by atoms with Crippen LogP contribution in [0.1, 0.15) is 31.7 Å². The molecule has 0 unspecified atom stereocenters. The van der Waals surface area contributed by atoms with E-state index in [9.17, 15) is 13.2 Å². The minimum Gasteiger partial charge on any atom is -0.370 e. The van der Waals surface area contributed by atoms with Crippen molar-refractivity contribution in [1.29, 1.82) is 0 Å². The number of nitrogens with zero attached hydrogens (tertiary/aromatic N) is 2. The van der Waals surface area contributed by atoms with Crippen LogP contribution in [0.25, 0.3) is 0 Å². The molecule has 0 aliphatic carbocycles. The Labute approximate surface area is 170 Å². The summed E-state index contributed by atoms with van der Waals surface area (Å²) in [6.45, 7) is 2.90. The van der Waals surface area contributed by atoms with Crippen molar-refractivity contribution in [3.05, 3.63) is 29.8 Å². The van der Waals surface area contributed by atoms with E-state index in [-0.39, 0.29) is 24.0 Å². The van der Waals surface area contributed by atoms with Gasteiger partial charge in [0.2, 0.25) is 0 Å². The molecule has 0 atom stereocenters. The average Bonchev–Trinajstić information content (AvgIpc) is 2.55. The van der Waals surface area contributed by atoms with E-state index in [1.54, 1.807) is 0 Å². The molecule has 0 bridgehead atoms. The van der Waals surface area contributed by atoms with Crippen LogP contribution in [0.15, 0.2) is 29.3 Å². The maximum absolute atomic E-state index is 12.4. The van der Waals surface area contributed by atoms with Crippen molar-refractivity contribution in [2.75, 3.05) is 31.5 Å². The van der Waals surface area contributed by atoms with Crippen molar-refractivity contribution in [2.45, 2.75) is 38.8 Å². The van der Waals surface area contributed by atoms with Crippen molar-refractivity contribution in [2.24, 2.45) is 16.6 Å². The van der Waals surface area contributed by atoms with Crippen LogP contribution in [-0.2, 0) is 6.42 Å². The number of rotatable bonds is 6. The van der Waals surface area contributed by atoms with Gasteiger partial charge < -0.3 is 11.1 Å². The number of piperidine rings is 1. The maximum atomic E-state index is 12.4. The second-order valence-corrected chi connectivity index (χ2v) is 6.57. The fourth-order valence-corrected chi connectivity index (χ4v) is 3.11. The Morgan fingerprint density at radius 2 is 2.00 bits per heavy atom. The van der Waals surface area contributed by atoms with Crippen molar-refractivity contribution in [3.63, 3.8) is 0 Å². The summed E-state index contributed by atoms with van der Waals surface area (Å²) in [5.41, 5.74) is 8.05. The third-order valence-electron chi connectivity index (χ3n) is 4.54. The Balaban J connectivity index is 0.00000338. The molecule has 0 spiro atoms.